The number of halogens is 4. The van der Waals surface area contributed by atoms with Crippen molar-refractivity contribution in [3.8, 4) is 22.6 Å². The number of benzene rings is 3. The quantitative estimate of drug-likeness (QED) is 0.118. The minimum atomic E-state index is -4.52. The number of hydrogen-bond donors (Lipinski definition) is 0. The van der Waals surface area contributed by atoms with Crippen LogP contribution in [0, 0.1) is 5.95 Å². The van der Waals surface area contributed by atoms with Gasteiger partial charge in [0.15, 0.2) is 0 Å². The molecule has 7 nitrogen and oxygen atoms in total. The van der Waals surface area contributed by atoms with Crippen molar-refractivity contribution < 1.29 is 35.5 Å². The third kappa shape index (κ3) is 6.37. The molecule has 0 spiro atoms. The van der Waals surface area contributed by atoms with Crippen molar-refractivity contribution in [2.45, 2.75) is 36.4 Å². The lowest BCUT2D eigenvalue weighted by molar-refractivity contribution is -0.137. The summed E-state index contributed by atoms with van der Waals surface area (Å²) in [5.74, 6) is -0.353. The van der Waals surface area contributed by atoms with E-state index in [0.717, 1.165) is 33.6 Å². The summed E-state index contributed by atoms with van der Waals surface area (Å²) in [4.78, 5) is 7.94. The van der Waals surface area contributed by atoms with Crippen molar-refractivity contribution in [3.63, 3.8) is 0 Å². The Hall–Kier alpha value is -4.97. The van der Waals surface area contributed by atoms with E-state index in [1.807, 2.05) is 0 Å². The standard InChI is InChI=1S/C35H29F4N3O4S/c1-45-26-11-8-24(32(19-26)46-2)21-42(34-7-3-6-33(36)41-34)47(43,44)27-12-15-28-22(17-27)9-13-29(28)30-14-10-25(35(37,38)39)18-31(30)23-5-4-16-40-20-23/h3-8,10-12,14-20,29H,9,13,21H2,1-2H3/t29-/m0/s1. The number of anilines is 1. The number of rotatable bonds is 9. The van der Waals surface area contributed by atoms with E-state index in [2.05, 4.69) is 9.97 Å². The zero-order valence-corrected chi connectivity index (χ0v) is 26.1. The molecule has 0 N–H and O–H groups in total. The van der Waals surface area contributed by atoms with Gasteiger partial charge in [0.1, 0.15) is 17.3 Å². The number of methoxy groups -OCH3 is 2. The number of aromatic nitrogens is 2. The first kappa shape index (κ1) is 32.0. The highest BCUT2D eigenvalue weighted by atomic mass is 32.2. The molecule has 1 aliphatic rings. The summed E-state index contributed by atoms with van der Waals surface area (Å²) in [6.45, 7) is -0.217. The summed E-state index contributed by atoms with van der Waals surface area (Å²) in [5.41, 5.74) is 2.96. The lowest BCUT2D eigenvalue weighted by Gasteiger charge is -2.25. The molecule has 0 aliphatic heterocycles. The van der Waals surface area contributed by atoms with Gasteiger partial charge in [-0.3, -0.25) is 4.98 Å². The van der Waals surface area contributed by atoms with E-state index in [1.165, 1.54) is 44.7 Å². The molecule has 3 aromatic carbocycles. The number of sulfonamides is 1. The summed E-state index contributed by atoms with van der Waals surface area (Å²) in [6, 6.07) is 20.7. The molecule has 2 aromatic heterocycles. The zero-order valence-electron chi connectivity index (χ0n) is 25.3. The first-order valence-corrected chi connectivity index (χ1v) is 16.0. The van der Waals surface area contributed by atoms with Gasteiger partial charge in [0.25, 0.3) is 10.0 Å². The molecule has 47 heavy (non-hydrogen) atoms. The second-order valence-electron chi connectivity index (χ2n) is 11.0. The van der Waals surface area contributed by atoms with Crippen LogP contribution in [0.1, 0.15) is 40.2 Å². The van der Waals surface area contributed by atoms with E-state index < -0.39 is 27.7 Å². The Morgan fingerprint density at radius 3 is 2.43 bits per heavy atom. The van der Waals surface area contributed by atoms with Crippen LogP contribution in [0.15, 0.2) is 102 Å². The summed E-state index contributed by atoms with van der Waals surface area (Å²) in [6.07, 6.45) is -0.379. The second-order valence-corrected chi connectivity index (χ2v) is 12.9. The lowest BCUT2D eigenvalue weighted by atomic mass is 9.86. The van der Waals surface area contributed by atoms with E-state index in [4.69, 9.17) is 9.47 Å². The molecule has 0 bridgehead atoms. The van der Waals surface area contributed by atoms with Gasteiger partial charge in [-0.25, -0.2) is 17.7 Å². The Morgan fingerprint density at radius 1 is 0.915 bits per heavy atom. The van der Waals surface area contributed by atoms with Gasteiger partial charge in [0.2, 0.25) is 5.95 Å². The number of alkyl halides is 3. The van der Waals surface area contributed by atoms with Crippen molar-refractivity contribution >= 4 is 15.8 Å². The van der Waals surface area contributed by atoms with Crippen LogP contribution in [-0.2, 0) is 29.2 Å². The van der Waals surface area contributed by atoms with Crippen LogP contribution >= 0.6 is 0 Å². The number of hydrogen-bond acceptors (Lipinski definition) is 6. The molecule has 242 valence electrons. The summed E-state index contributed by atoms with van der Waals surface area (Å²) >= 11 is 0. The van der Waals surface area contributed by atoms with Gasteiger partial charge in [-0.05, 0) is 89.7 Å². The monoisotopic (exact) mass is 663 g/mol. The van der Waals surface area contributed by atoms with Gasteiger partial charge in [-0.1, -0.05) is 24.3 Å². The molecular weight excluding hydrogens is 634 g/mol. The fourth-order valence-corrected chi connectivity index (χ4v) is 7.42. The van der Waals surface area contributed by atoms with Crippen LogP contribution in [0.2, 0.25) is 0 Å². The van der Waals surface area contributed by atoms with Crippen LogP contribution in [0.5, 0.6) is 11.5 Å². The molecule has 0 radical (unpaired) electrons. The van der Waals surface area contributed by atoms with E-state index in [9.17, 15) is 26.0 Å². The maximum absolute atomic E-state index is 14.3. The van der Waals surface area contributed by atoms with Gasteiger partial charge < -0.3 is 9.47 Å². The normalized spacial score (nSPS) is 14.5. The number of ether oxygens (including phenoxy) is 2. The minimum absolute atomic E-state index is 0.0321. The van der Waals surface area contributed by atoms with Crippen molar-refractivity contribution in [3.05, 3.63) is 131 Å². The van der Waals surface area contributed by atoms with Crippen LogP contribution < -0.4 is 13.8 Å². The Kier molecular flexibility index (Phi) is 8.63. The predicted octanol–water partition coefficient (Wildman–Crippen LogP) is 7.79. The largest absolute Gasteiger partial charge is 0.497 e. The second kappa shape index (κ2) is 12.7. The maximum atomic E-state index is 14.3. The molecule has 0 fully saturated rings. The SMILES string of the molecule is COc1ccc(CN(c2cccc(F)n2)S(=O)(=O)c2ccc3c(c2)CC[C@@H]3c2ccc(C(F)(F)F)cc2-c2cccnc2)c(OC)c1. The van der Waals surface area contributed by atoms with E-state index >= 15 is 0 Å². The Labute approximate surface area is 269 Å². The molecule has 1 atom stereocenters. The van der Waals surface area contributed by atoms with Crippen molar-refractivity contribution in [1.29, 1.82) is 0 Å². The Balaban J connectivity index is 1.40. The molecule has 6 rings (SSSR count). The van der Waals surface area contributed by atoms with E-state index in [1.54, 1.807) is 48.7 Å². The van der Waals surface area contributed by atoms with Gasteiger partial charge in [0, 0.05) is 35.5 Å². The highest BCUT2D eigenvalue weighted by molar-refractivity contribution is 7.92. The van der Waals surface area contributed by atoms with Crippen LogP contribution in [-0.4, -0.2) is 32.6 Å². The Morgan fingerprint density at radius 2 is 1.72 bits per heavy atom. The highest BCUT2D eigenvalue weighted by Crippen LogP contribution is 2.45. The summed E-state index contributed by atoms with van der Waals surface area (Å²) < 4.78 is 95.7. The number of nitrogens with zero attached hydrogens (tertiary/aromatic N) is 3. The molecule has 1 aliphatic carbocycles. The average molecular weight is 664 g/mol. The molecule has 2 heterocycles. The average Bonchev–Trinajstić information content (AvgIpc) is 3.50. The molecule has 0 unspecified atom stereocenters. The fourth-order valence-electron chi connectivity index (χ4n) is 5.98. The van der Waals surface area contributed by atoms with Gasteiger partial charge >= 0.3 is 6.18 Å². The zero-order chi connectivity index (χ0) is 33.3. The lowest BCUT2D eigenvalue weighted by Crippen LogP contribution is -2.31. The van der Waals surface area contributed by atoms with Gasteiger partial charge in [0.05, 0.1) is 31.2 Å². The molecule has 0 saturated heterocycles. The molecule has 5 aromatic rings. The third-order valence-corrected chi connectivity index (χ3v) is 10.0. The smallest absolute Gasteiger partial charge is 0.416 e. The van der Waals surface area contributed by atoms with Crippen molar-refractivity contribution in [1.82, 2.24) is 9.97 Å². The van der Waals surface area contributed by atoms with Crippen molar-refractivity contribution in [2.24, 2.45) is 0 Å². The molecule has 12 heteroatoms. The number of pyridine rings is 2. The van der Waals surface area contributed by atoms with Crippen LogP contribution in [0.3, 0.4) is 0 Å². The van der Waals surface area contributed by atoms with Crippen LogP contribution in [0.25, 0.3) is 11.1 Å². The van der Waals surface area contributed by atoms with Crippen molar-refractivity contribution in [2.75, 3.05) is 18.5 Å². The molecular formula is C35H29F4N3O4S. The number of fused-ring (bicyclic) bond motifs is 1. The topological polar surface area (TPSA) is 81.6 Å². The van der Waals surface area contributed by atoms with Gasteiger partial charge in [-0.15, -0.1) is 0 Å². The first-order valence-electron chi connectivity index (χ1n) is 14.6. The Bertz CT molecular complexity index is 2040. The van der Waals surface area contributed by atoms with E-state index in [0.29, 0.717) is 46.6 Å². The number of aryl methyl sites for hydroxylation is 1. The highest BCUT2D eigenvalue weighted by Gasteiger charge is 2.34. The summed E-state index contributed by atoms with van der Waals surface area (Å²) in [7, 11) is -1.36. The summed E-state index contributed by atoms with van der Waals surface area (Å²) in [5, 5.41) is 0. The third-order valence-electron chi connectivity index (χ3n) is 8.27. The molecule has 0 saturated carbocycles. The van der Waals surface area contributed by atoms with Gasteiger partial charge in [-0.2, -0.15) is 17.6 Å². The predicted molar refractivity (Wildman–Crippen MR) is 168 cm³/mol. The van der Waals surface area contributed by atoms with E-state index in [-0.39, 0.29) is 23.2 Å². The first-order chi connectivity index (χ1) is 22.5. The fraction of sp³-hybridized carbons (Fsp3) is 0.200. The molecule has 0 amide bonds. The minimum Gasteiger partial charge on any atom is -0.497 e. The van der Waals surface area contributed by atoms with Crippen LogP contribution in [0.4, 0.5) is 23.4 Å². The maximum Gasteiger partial charge on any atom is 0.416 e.